The van der Waals surface area contributed by atoms with Gasteiger partial charge in [0.05, 0.1) is 32.6 Å². The predicted octanol–water partition coefficient (Wildman–Crippen LogP) is 1.94. The van der Waals surface area contributed by atoms with Crippen LogP contribution in [0.2, 0.25) is 5.02 Å². The summed E-state index contributed by atoms with van der Waals surface area (Å²) in [6, 6.07) is 21.8. The van der Waals surface area contributed by atoms with Gasteiger partial charge in [-0.3, -0.25) is 4.79 Å². The van der Waals surface area contributed by atoms with E-state index in [1.807, 2.05) is 37.4 Å². The van der Waals surface area contributed by atoms with Gasteiger partial charge >= 0.3 is 6.10 Å². The number of hydrogen-bond acceptors (Lipinski definition) is 8. The number of methoxy groups -OCH3 is 1. The zero-order valence-corrected chi connectivity index (χ0v) is 22.5. The molecule has 0 aliphatic carbocycles. The fourth-order valence-electron chi connectivity index (χ4n) is 4.12. The van der Waals surface area contributed by atoms with Gasteiger partial charge in [-0.2, -0.15) is 14.0 Å². The average molecular weight is 565 g/mol. The Morgan fingerprint density at radius 2 is 1.76 bits per heavy atom. The van der Waals surface area contributed by atoms with E-state index in [0.29, 0.717) is 40.0 Å². The van der Waals surface area contributed by atoms with Crippen LogP contribution in [0.4, 0.5) is 5.69 Å². The highest BCUT2D eigenvalue weighted by Crippen LogP contribution is 2.48. The second kappa shape index (κ2) is 12.0. The molecule has 0 N–H and O–H groups in total. The van der Waals surface area contributed by atoms with Gasteiger partial charge in [-0.25, -0.2) is 0 Å². The van der Waals surface area contributed by atoms with Gasteiger partial charge in [-0.1, -0.05) is 54.1 Å². The molecule has 1 amide bonds. The number of carbonyl (C=O) groups excluding carboxylic acids is 1. The van der Waals surface area contributed by atoms with Crippen molar-refractivity contribution in [3.8, 4) is 5.75 Å². The largest absolute Gasteiger partial charge is 0.497 e. The van der Waals surface area contributed by atoms with Crippen LogP contribution in [0.5, 0.6) is 5.75 Å². The molecule has 1 aliphatic heterocycles. The van der Waals surface area contributed by atoms with Crippen LogP contribution in [0.25, 0.3) is 0 Å². The highest BCUT2D eigenvalue weighted by molar-refractivity contribution is 7.99. The molecule has 0 spiro atoms. The highest BCUT2D eigenvalue weighted by Gasteiger charge is 2.48. The normalized spacial score (nSPS) is 18.0. The Balaban J connectivity index is 1.68. The van der Waals surface area contributed by atoms with E-state index >= 15 is 0 Å². The molecule has 196 valence electrons. The zero-order valence-electron chi connectivity index (χ0n) is 20.2. The summed E-state index contributed by atoms with van der Waals surface area (Å²) in [4.78, 5) is 18.0. The number of hydrogen-bond donors (Lipinski definition) is 0. The number of thioether (sulfide) groups is 1. The standard InChI is InChI=1S/C26H26Cl2N2O6S/c1-29(17-18-6-4-3-5-7-18)14-15-30-22-13-10-20(27)16-23(22)37-25(19-8-11-21(35-2)12-9-19)24(26(30)31)36-28(32,33)34/h3-13,16,24-25H,14-15,17H2,1-2H3/t24-,25+/m0/s1. The quantitative estimate of drug-likeness (QED) is 0.387. The van der Waals surface area contributed by atoms with Crippen molar-refractivity contribution in [3.05, 3.63) is 88.9 Å². The topological polar surface area (TPSA) is 111 Å². The van der Waals surface area contributed by atoms with Gasteiger partial charge in [0, 0.05) is 29.6 Å². The lowest BCUT2D eigenvalue weighted by molar-refractivity contribution is -1.92. The summed E-state index contributed by atoms with van der Waals surface area (Å²) in [6.45, 7) is 1.38. The van der Waals surface area contributed by atoms with Crippen molar-refractivity contribution < 1.29 is 38.0 Å². The van der Waals surface area contributed by atoms with E-state index in [1.165, 1.54) is 23.8 Å². The fraction of sp³-hybridized carbons (Fsp3) is 0.269. The first-order valence-corrected chi connectivity index (χ1v) is 13.9. The molecule has 8 nitrogen and oxygen atoms in total. The van der Waals surface area contributed by atoms with Crippen molar-refractivity contribution in [2.45, 2.75) is 22.8 Å². The van der Waals surface area contributed by atoms with Gasteiger partial charge in [0.15, 0.2) is 0 Å². The van der Waals surface area contributed by atoms with E-state index in [9.17, 15) is 18.8 Å². The van der Waals surface area contributed by atoms with Gasteiger partial charge in [-0.15, -0.1) is 11.8 Å². The number of benzene rings is 3. The average Bonchev–Trinajstić information content (AvgIpc) is 2.97. The molecule has 11 heteroatoms. The molecule has 0 aromatic heterocycles. The predicted molar refractivity (Wildman–Crippen MR) is 133 cm³/mol. The SMILES string of the molecule is COc1ccc([C@H]2Sc3cc(Cl)ccc3N(CCN(C)Cc3ccccc3)C(=O)[C@H]2O[Cl+3]([O-])([O-])[O-])cc1. The summed E-state index contributed by atoms with van der Waals surface area (Å²) < 4.78 is 45.2. The van der Waals surface area contributed by atoms with Crippen LogP contribution in [-0.2, 0) is 15.6 Å². The number of halogens is 2. The molecule has 37 heavy (non-hydrogen) atoms. The number of likely N-dealkylation sites (N-methyl/N-ethyl adjacent to an activating group) is 1. The Hall–Kier alpha value is -2.34. The molecule has 0 unspecified atom stereocenters. The minimum atomic E-state index is -4.88. The van der Waals surface area contributed by atoms with Crippen LogP contribution in [-0.4, -0.2) is 44.2 Å². The third-order valence-electron chi connectivity index (χ3n) is 5.90. The molecule has 0 saturated heterocycles. The molecule has 0 saturated carbocycles. The third-order valence-corrected chi connectivity index (χ3v) is 7.90. The first-order chi connectivity index (χ1) is 17.6. The summed E-state index contributed by atoms with van der Waals surface area (Å²) in [5.41, 5.74) is 2.28. The fourth-order valence-corrected chi connectivity index (χ4v) is 6.19. The second-order valence-electron chi connectivity index (χ2n) is 8.52. The molecular formula is C26H26Cl2N2O6S. The number of anilines is 1. The van der Waals surface area contributed by atoms with E-state index in [0.717, 1.165) is 5.56 Å². The monoisotopic (exact) mass is 564 g/mol. The lowest BCUT2D eigenvalue weighted by atomic mass is 10.1. The minimum absolute atomic E-state index is 0.238. The van der Waals surface area contributed by atoms with Crippen LogP contribution in [0.15, 0.2) is 77.7 Å². The minimum Gasteiger partial charge on any atom is -0.497 e. The molecule has 1 heterocycles. The molecule has 4 rings (SSSR count). The third kappa shape index (κ3) is 7.16. The Labute approximate surface area is 227 Å². The van der Waals surface area contributed by atoms with Crippen LogP contribution >= 0.6 is 23.4 Å². The van der Waals surface area contributed by atoms with Crippen molar-refractivity contribution in [3.63, 3.8) is 0 Å². The van der Waals surface area contributed by atoms with E-state index < -0.39 is 27.5 Å². The van der Waals surface area contributed by atoms with Crippen LogP contribution < -0.4 is 23.6 Å². The highest BCUT2D eigenvalue weighted by atomic mass is 35.7. The molecular weight excluding hydrogens is 539 g/mol. The van der Waals surface area contributed by atoms with Gasteiger partial charge < -0.3 is 14.5 Å². The van der Waals surface area contributed by atoms with Crippen molar-refractivity contribution in [1.82, 2.24) is 4.90 Å². The maximum absolute atomic E-state index is 13.9. The number of fused-ring (bicyclic) bond motifs is 1. The van der Waals surface area contributed by atoms with Crippen LogP contribution in [0, 0.1) is 10.2 Å². The summed E-state index contributed by atoms with van der Waals surface area (Å²) in [6.07, 6.45) is -1.59. The number of amides is 1. The van der Waals surface area contributed by atoms with E-state index in [4.69, 9.17) is 20.6 Å². The maximum atomic E-state index is 13.9. The lowest BCUT2D eigenvalue weighted by Crippen LogP contribution is -2.64. The zero-order chi connectivity index (χ0) is 26.6. The summed E-state index contributed by atoms with van der Waals surface area (Å²) in [7, 11) is -1.42. The molecule has 3 aromatic carbocycles. The van der Waals surface area contributed by atoms with Gasteiger partial charge in [0.1, 0.15) is 5.75 Å². The Kier molecular flexibility index (Phi) is 8.99. The maximum Gasteiger partial charge on any atom is 0.307 e. The van der Waals surface area contributed by atoms with E-state index in [2.05, 4.69) is 4.90 Å². The van der Waals surface area contributed by atoms with Gasteiger partial charge in [0.2, 0.25) is 0 Å². The summed E-state index contributed by atoms with van der Waals surface area (Å²) in [5, 5.41) is -0.374. The van der Waals surface area contributed by atoms with Crippen molar-refractivity contribution >= 4 is 35.0 Å². The van der Waals surface area contributed by atoms with E-state index in [-0.39, 0.29) is 6.54 Å². The second-order valence-corrected chi connectivity index (χ2v) is 11.1. The van der Waals surface area contributed by atoms with Gasteiger partial charge in [0.25, 0.3) is 5.91 Å². The Morgan fingerprint density at radius 3 is 2.41 bits per heavy atom. The van der Waals surface area contributed by atoms with Crippen molar-refractivity contribution in [1.29, 1.82) is 0 Å². The summed E-state index contributed by atoms with van der Waals surface area (Å²) >= 11 is 7.51. The Bertz CT molecular complexity index is 1210. The number of nitrogens with zero attached hydrogens (tertiary/aromatic N) is 2. The van der Waals surface area contributed by atoms with Crippen LogP contribution in [0.3, 0.4) is 0 Å². The Morgan fingerprint density at radius 1 is 1.05 bits per heavy atom. The van der Waals surface area contributed by atoms with Crippen molar-refractivity contribution in [2.24, 2.45) is 0 Å². The number of ether oxygens (including phenoxy) is 1. The lowest BCUT2D eigenvalue weighted by Gasteiger charge is -2.28. The number of carbonyl (C=O) groups is 1. The molecule has 3 aromatic rings. The number of rotatable bonds is 9. The smallest absolute Gasteiger partial charge is 0.307 e. The molecule has 0 fully saturated rings. The first-order valence-electron chi connectivity index (χ1n) is 11.4. The molecule has 0 bridgehead atoms. The first kappa shape index (κ1) is 27.7. The molecule has 0 radical (unpaired) electrons. The van der Waals surface area contributed by atoms with Crippen LogP contribution in [0.1, 0.15) is 16.4 Å². The molecule has 1 aliphatic rings. The van der Waals surface area contributed by atoms with E-state index in [1.54, 1.807) is 42.5 Å². The van der Waals surface area contributed by atoms with Crippen molar-refractivity contribution in [2.75, 3.05) is 32.1 Å². The molecule has 2 atom stereocenters. The summed E-state index contributed by atoms with van der Waals surface area (Å²) in [5.74, 6) is -0.0401. The van der Waals surface area contributed by atoms with Gasteiger partial charge in [-0.05, 0) is 48.5 Å².